The van der Waals surface area contributed by atoms with Crippen molar-refractivity contribution in [2.75, 3.05) is 6.54 Å². The molecule has 1 atom stereocenters. The summed E-state index contributed by atoms with van der Waals surface area (Å²) in [6.07, 6.45) is 0. The first-order valence-electron chi connectivity index (χ1n) is 7.95. The van der Waals surface area contributed by atoms with Gasteiger partial charge in [-0.2, -0.15) is 0 Å². The number of thiophene rings is 1. The van der Waals surface area contributed by atoms with E-state index in [0.29, 0.717) is 4.88 Å². The second kappa shape index (κ2) is 7.98. The van der Waals surface area contributed by atoms with Crippen LogP contribution in [0, 0.1) is 11.6 Å². The van der Waals surface area contributed by atoms with Crippen molar-refractivity contribution in [1.82, 2.24) is 5.32 Å². The van der Waals surface area contributed by atoms with E-state index in [9.17, 15) is 22.0 Å². The monoisotopic (exact) mass is 407 g/mol. The molecule has 0 saturated heterocycles. The van der Waals surface area contributed by atoms with E-state index in [0.717, 1.165) is 18.2 Å². The van der Waals surface area contributed by atoms with Crippen LogP contribution < -0.4 is 5.32 Å². The van der Waals surface area contributed by atoms with Crippen molar-refractivity contribution in [3.8, 4) is 0 Å². The normalized spacial score (nSPS) is 12.5. The van der Waals surface area contributed by atoms with E-state index in [-0.39, 0.29) is 17.0 Å². The SMILES string of the molecule is O=C(NCC(c1cccs1)S(=O)(=O)c1ccc(F)cc1)c1ccccc1F. The van der Waals surface area contributed by atoms with Crippen molar-refractivity contribution in [1.29, 1.82) is 0 Å². The molecule has 0 spiro atoms. The largest absolute Gasteiger partial charge is 0.350 e. The van der Waals surface area contributed by atoms with Crippen LogP contribution in [-0.4, -0.2) is 20.9 Å². The van der Waals surface area contributed by atoms with E-state index in [1.807, 2.05) is 0 Å². The van der Waals surface area contributed by atoms with Crippen LogP contribution in [0.3, 0.4) is 0 Å². The highest BCUT2D eigenvalue weighted by molar-refractivity contribution is 7.91. The van der Waals surface area contributed by atoms with E-state index >= 15 is 0 Å². The van der Waals surface area contributed by atoms with E-state index < -0.39 is 32.6 Å². The van der Waals surface area contributed by atoms with Crippen LogP contribution in [0.2, 0.25) is 0 Å². The molecule has 3 rings (SSSR count). The molecule has 1 N–H and O–H groups in total. The minimum Gasteiger partial charge on any atom is -0.350 e. The summed E-state index contributed by atoms with van der Waals surface area (Å²) >= 11 is 1.23. The third-order valence-corrected chi connectivity index (χ3v) is 7.18. The number of benzene rings is 2. The first-order chi connectivity index (χ1) is 12.9. The Morgan fingerprint density at radius 1 is 1.00 bits per heavy atom. The number of halogens is 2. The van der Waals surface area contributed by atoms with Gasteiger partial charge in [0.1, 0.15) is 16.9 Å². The van der Waals surface area contributed by atoms with Crippen LogP contribution in [0.4, 0.5) is 8.78 Å². The van der Waals surface area contributed by atoms with Crippen LogP contribution in [-0.2, 0) is 9.84 Å². The lowest BCUT2D eigenvalue weighted by Gasteiger charge is -2.17. The molecule has 0 fully saturated rings. The highest BCUT2D eigenvalue weighted by atomic mass is 32.2. The second-order valence-corrected chi connectivity index (χ2v) is 8.80. The maximum absolute atomic E-state index is 13.8. The summed E-state index contributed by atoms with van der Waals surface area (Å²) in [4.78, 5) is 12.7. The predicted molar refractivity (Wildman–Crippen MR) is 99.4 cm³/mol. The Kier molecular flexibility index (Phi) is 5.67. The first kappa shape index (κ1) is 19.2. The summed E-state index contributed by atoms with van der Waals surface area (Å²) in [6, 6.07) is 13.3. The van der Waals surface area contributed by atoms with Gasteiger partial charge in [0, 0.05) is 11.4 Å². The summed E-state index contributed by atoms with van der Waals surface area (Å²) in [6.45, 7) is -0.243. The molecule has 1 heterocycles. The molecule has 3 aromatic rings. The van der Waals surface area contributed by atoms with E-state index in [1.165, 1.54) is 41.7 Å². The Hall–Kier alpha value is -2.58. The van der Waals surface area contributed by atoms with Gasteiger partial charge in [-0.15, -0.1) is 11.3 Å². The number of carbonyl (C=O) groups is 1. The smallest absolute Gasteiger partial charge is 0.254 e. The van der Waals surface area contributed by atoms with Gasteiger partial charge in [-0.05, 0) is 47.8 Å². The van der Waals surface area contributed by atoms with E-state index in [4.69, 9.17) is 0 Å². The fourth-order valence-corrected chi connectivity index (χ4v) is 5.34. The standard InChI is InChI=1S/C19H15F2NO3S2/c20-13-7-9-14(10-8-13)27(24,25)18(17-6-3-11-26-17)12-22-19(23)15-4-1-2-5-16(15)21/h1-11,18H,12H2,(H,22,23). The number of nitrogens with one attached hydrogen (secondary N) is 1. The molecule has 0 bridgehead atoms. The molecule has 0 aliphatic rings. The lowest BCUT2D eigenvalue weighted by Crippen LogP contribution is -2.32. The molecule has 0 saturated carbocycles. The summed E-state index contributed by atoms with van der Waals surface area (Å²) in [5.74, 6) is -1.94. The van der Waals surface area contributed by atoms with Gasteiger partial charge < -0.3 is 5.32 Å². The van der Waals surface area contributed by atoms with Crippen LogP contribution in [0.1, 0.15) is 20.5 Å². The third-order valence-electron chi connectivity index (χ3n) is 3.94. The zero-order chi connectivity index (χ0) is 19.4. The molecule has 4 nitrogen and oxygen atoms in total. The minimum absolute atomic E-state index is 0.0533. The lowest BCUT2D eigenvalue weighted by molar-refractivity contribution is 0.0949. The molecular weight excluding hydrogens is 392 g/mol. The number of amides is 1. The van der Waals surface area contributed by atoms with Crippen LogP contribution in [0.5, 0.6) is 0 Å². The zero-order valence-electron chi connectivity index (χ0n) is 13.9. The number of hydrogen-bond donors (Lipinski definition) is 1. The van der Waals surface area contributed by atoms with Crippen molar-refractivity contribution < 1.29 is 22.0 Å². The number of rotatable bonds is 6. The van der Waals surface area contributed by atoms with Crippen molar-refractivity contribution in [3.05, 3.63) is 88.1 Å². The highest BCUT2D eigenvalue weighted by Gasteiger charge is 2.30. The molecule has 0 aliphatic carbocycles. The summed E-state index contributed by atoms with van der Waals surface area (Å²) in [5.41, 5.74) is -0.165. The molecule has 0 aliphatic heterocycles. The predicted octanol–water partition coefficient (Wildman–Crippen LogP) is 3.97. The Morgan fingerprint density at radius 2 is 1.70 bits per heavy atom. The van der Waals surface area contributed by atoms with Crippen LogP contribution in [0.25, 0.3) is 0 Å². The Labute approximate surface area is 159 Å². The third kappa shape index (κ3) is 4.23. The number of carbonyl (C=O) groups excluding carboxylic acids is 1. The van der Waals surface area contributed by atoms with Gasteiger partial charge >= 0.3 is 0 Å². The molecular formula is C19H15F2NO3S2. The molecule has 140 valence electrons. The van der Waals surface area contributed by atoms with Crippen molar-refractivity contribution in [2.24, 2.45) is 0 Å². The topological polar surface area (TPSA) is 63.2 Å². The van der Waals surface area contributed by atoms with Crippen molar-refractivity contribution in [2.45, 2.75) is 10.1 Å². The van der Waals surface area contributed by atoms with Gasteiger partial charge in [-0.25, -0.2) is 17.2 Å². The summed E-state index contributed by atoms with van der Waals surface area (Å²) in [5, 5.41) is 3.14. The number of hydrogen-bond acceptors (Lipinski definition) is 4. The molecule has 1 amide bonds. The lowest BCUT2D eigenvalue weighted by atomic mass is 10.2. The average molecular weight is 407 g/mol. The molecule has 1 aromatic heterocycles. The summed E-state index contributed by atoms with van der Waals surface area (Å²) < 4.78 is 52.9. The van der Waals surface area contributed by atoms with Gasteiger partial charge in [0.15, 0.2) is 9.84 Å². The van der Waals surface area contributed by atoms with Crippen molar-refractivity contribution >= 4 is 27.1 Å². The van der Waals surface area contributed by atoms with Gasteiger partial charge in [0.2, 0.25) is 0 Å². The minimum atomic E-state index is -3.89. The van der Waals surface area contributed by atoms with E-state index in [1.54, 1.807) is 17.5 Å². The molecule has 2 aromatic carbocycles. The number of sulfone groups is 1. The zero-order valence-corrected chi connectivity index (χ0v) is 15.6. The molecule has 27 heavy (non-hydrogen) atoms. The Balaban J connectivity index is 1.88. The second-order valence-electron chi connectivity index (χ2n) is 5.69. The van der Waals surface area contributed by atoms with Gasteiger partial charge in [0.25, 0.3) is 5.91 Å². The quantitative estimate of drug-likeness (QED) is 0.629. The van der Waals surface area contributed by atoms with Gasteiger partial charge in [-0.3, -0.25) is 4.79 Å². The van der Waals surface area contributed by atoms with Gasteiger partial charge in [-0.1, -0.05) is 18.2 Å². The maximum atomic E-state index is 13.8. The molecule has 0 radical (unpaired) electrons. The Morgan fingerprint density at radius 3 is 2.33 bits per heavy atom. The van der Waals surface area contributed by atoms with Crippen LogP contribution >= 0.6 is 11.3 Å². The molecule has 1 unspecified atom stereocenters. The molecule has 8 heteroatoms. The van der Waals surface area contributed by atoms with Crippen molar-refractivity contribution in [3.63, 3.8) is 0 Å². The van der Waals surface area contributed by atoms with Crippen LogP contribution in [0.15, 0.2) is 70.9 Å². The fourth-order valence-electron chi connectivity index (χ4n) is 2.55. The summed E-state index contributed by atoms with van der Waals surface area (Å²) in [7, 11) is -3.89. The fraction of sp³-hybridized carbons (Fsp3) is 0.105. The average Bonchev–Trinajstić information content (AvgIpc) is 3.16. The van der Waals surface area contributed by atoms with E-state index in [2.05, 4.69) is 5.32 Å². The Bertz CT molecular complexity index is 1030. The highest BCUT2D eigenvalue weighted by Crippen LogP contribution is 2.31. The first-order valence-corrected chi connectivity index (χ1v) is 10.4. The van der Waals surface area contributed by atoms with Gasteiger partial charge in [0.05, 0.1) is 10.5 Å². The maximum Gasteiger partial charge on any atom is 0.254 e.